The van der Waals surface area contributed by atoms with Crippen molar-refractivity contribution in [1.82, 2.24) is 43.8 Å². The van der Waals surface area contributed by atoms with Gasteiger partial charge in [-0.15, -0.1) is 0 Å². The molecule has 0 atom stereocenters. The van der Waals surface area contributed by atoms with Gasteiger partial charge in [-0.05, 0) is 87.4 Å². The van der Waals surface area contributed by atoms with Crippen LogP contribution in [-0.2, 0) is 39.1 Å². The molecule has 2 N–H and O–H groups in total. The Morgan fingerprint density at radius 2 is 1.40 bits per heavy atom. The van der Waals surface area contributed by atoms with E-state index >= 15 is 4.39 Å². The van der Waals surface area contributed by atoms with Crippen molar-refractivity contribution in [3.05, 3.63) is 220 Å². The summed E-state index contributed by atoms with van der Waals surface area (Å²) in [5.74, 6) is -0.0566. The Kier molecular flexibility index (Phi) is 13.8. The highest BCUT2D eigenvalue weighted by molar-refractivity contribution is 6.31. The second kappa shape index (κ2) is 20.8. The van der Waals surface area contributed by atoms with Crippen LogP contribution in [-0.4, -0.2) is 43.8 Å². The van der Waals surface area contributed by atoms with E-state index in [-0.39, 0.29) is 53.1 Å². The Labute approximate surface area is 439 Å². The van der Waals surface area contributed by atoms with Crippen molar-refractivity contribution in [2.45, 2.75) is 66.8 Å². The average molecular weight is 1060 g/mol. The molecule has 10 aromatic rings. The van der Waals surface area contributed by atoms with Crippen LogP contribution < -0.4 is 30.9 Å². The first-order valence-corrected chi connectivity index (χ1v) is 24.1. The minimum Gasteiger partial charge on any atom is -0.486 e. The van der Waals surface area contributed by atoms with Gasteiger partial charge in [0.25, 0.3) is 16.7 Å². The molecule has 0 aliphatic heterocycles. The van der Waals surface area contributed by atoms with Crippen molar-refractivity contribution >= 4 is 33.4 Å². The summed E-state index contributed by atoms with van der Waals surface area (Å²) in [4.78, 5) is 59.1. The van der Waals surface area contributed by atoms with Gasteiger partial charge in [0.1, 0.15) is 65.4 Å². The molecule has 0 bridgehead atoms. The molecular weight excluding hydrogens is 1020 g/mol. The standard InChI is InChI=1S/C56H43ClF4N10O6/c1-30-21-65-71(24-30)46-18-32(3)67-52-37(46)11-6-14-48(52)76-29-41-43(57)19-49(68-45(41)26-70-15-7-9-34(20-62)54(70)73)77-27-35-22-63-50(33(35)4)38-17-31(2)66-51-36(38)10-5-13-47(51)75-28-40-39(53(72)64-23-44(40)58)25-69-16-8-12-42(55(69)74)56(59,60)61/h5-19,21-24,63H,25-29H2,1-4H3,(H,64,72). The molecule has 0 amide bonds. The molecule has 0 saturated heterocycles. The minimum atomic E-state index is -4.94. The monoisotopic (exact) mass is 1060 g/mol. The third kappa shape index (κ3) is 10.3. The molecule has 2 aromatic carbocycles. The van der Waals surface area contributed by atoms with Gasteiger partial charge in [-0.3, -0.25) is 14.4 Å². The fourth-order valence-electron chi connectivity index (χ4n) is 9.06. The summed E-state index contributed by atoms with van der Waals surface area (Å²) in [6.07, 6.45) is 4.00. The fraction of sp³-hybridized carbons (Fsp3) is 0.179. The van der Waals surface area contributed by atoms with Crippen molar-refractivity contribution < 1.29 is 31.8 Å². The number of rotatable bonds is 15. The number of pyridine rings is 6. The highest BCUT2D eigenvalue weighted by atomic mass is 35.5. The number of alkyl halides is 3. The number of aromatic amines is 2. The van der Waals surface area contributed by atoms with E-state index in [0.717, 1.165) is 57.5 Å². The smallest absolute Gasteiger partial charge is 0.421 e. The van der Waals surface area contributed by atoms with Gasteiger partial charge in [0.15, 0.2) is 0 Å². The molecule has 8 aromatic heterocycles. The summed E-state index contributed by atoms with van der Waals surface area (Å²) < 4.78 is 78.9. The lowest BCUT2D eigenvalue weighted by atomic mass is 10.0. The number of hydrogen-bond acceptors (Lipinski definition) is 11. The first-order valence-electron chi connectivity index (χ1n) is 23.8. The molecule has 0 unspecified atom stereocenters. The molecule has 0 radical (unpaired) electrons. The van der Waals surface area contributed by atoms with Crippen molar-refractivity contribution in [3.63, 3.8) is 0 Å². The first kappa shape index (κ1) is 51.1. The topological polar surface area (TPSA) is 201 Å². The third-order valence-corrected chi connectivity index (χ3v) is 13.3. The van der Waals surface area contributed by atoms with Crippen LogP contribution in [0, 0.1) is 44.8 Å². The maximum Gasteiger partial charge on any atom is 0.421 e. The number of nitrogens with one attached hydrogen (secondary N) is 2. The zero-order chi connectivity index (χ0) is 54.3. The van der Waals surface area contributed by atoms with E-state index in [0.29, 0.717) is 55.4 Å². The number of para-hydroxylation sites is 2. The molecule has 0 saturated carbocycles. The Morgan fingerprint density at radius 1 is 0.727 bits per heavy atom. The average Bonchev–Trinajstić information content (AvgIpc) is 4.02. The summed E-state index contributed by atoms with van der Waals surface area (Å²) in [5, 5.41) is 15.9. The second-order valence-corrected chi connectivity index (χ2v) is 18.6. The molecule has 0 aliphatic rings. The summed E-state index contributed by atoms with van der Waals surface area (Å²) >= 11 is 7.06. The molecule has 0 fully saturated rings. The van der Waals surface area contributed by atoms with Gasteiger partial charge >= 0.3 is 6.18 Å². The number of nitriles is 1. The predicted octanol–water partition coefficient (Wildman–Crippen LogP) is 10.1. The fourth-order valence-corrected chi connectivity index (χ4v) is 9.31. The lowest BCUT2D eigenvalue weighted by molar-refractivity contribution is -0.138. The van der Waals surface area contributed by atoms with Gasteiger partial charge in [0.2, 0.25) is 5.88 Å². The molecule has 77 heavy (non-hydrogen) atoms. The van der Waals surface area contributed by atoms with Crippen LogP contribution in [0.3, 0.4) is 0 Å². The number of aryl methyl sites for hydroxylation is 3. The van der Waals surface area contributed by atoms with E-state index in [9.17, 15) is 32.8 Å². The van der Waals surface area contributed by atoms with E-state index < -0.39 is 47.4 Å². The molecule has 8 heterocycles. The van der Waals surface area contributed by atoms with Crippen molar-refractivity contribution in [1.29, 1.82) is 5.26 Å². The number of fused-ring (bicyclic) bond motifs is 2. The van der Waals surface area contributed by atoms with Crippen molar-refractivity contribution in [2.24, 2.45) is 0 Å². The van der Waals surface area contributed by atoms with E-state index in [1.807, 2.05) is 63.4 Å². The highest BCUT2D eigenvalue weighted by Crippen LogP contribution is 2.37. The molecule has 16 nitrogen and oxygen atoms in total. The predicted molar refractivity (Wildman–Crippen MR) is 278 cm³/mol. The molecule has 388 valence electrons. The number of halogens is 5. The Bertz CT molecular complexity index is 4190. The summed E-state index contributed by atoms with van der Waals surface area (Å²) in [7, 11) is 0. The Morgan fingerprint density at radius 3 is 2.10 bits per heavy atom. The lowest BCUT2D eigenvalue weighted by Gasteiger charge is -2.17. The summed E-state index contributed by atoms with van der Waals surface area (Å²) in [6, 6.07) is 22.8. The molecular formula is C56H43ClF4N10O6. The van der Waals surface area contributed by atoms with Crippen LogP contribution in [0.1, 0.15) is 61.6 Å². The van der Waals surface area contributed by atoms with E-state index in [4.69, 9.17) is 40.8 Å². The maximum absolute atomic E-state index is 15.5. The maximum atomic E-state index is 15.5. The molecule has 0 spiro atoms. The van der Waals surface area contributed by atoms with Crippen LogP contribution in [0.5, 0.6) is 17.4 Å². The van der Waals surface area contributed by atoms with E-state index in [1.165, 1.54) is 10.6 Å². The largest absolute Gasteiger partial charge is 0.486 e. The van der Waals surface area contributed by atoms with Gasteiger partial charge in [-0.2, -0.15) is 23.5 Å². The third-order valence-electron chi connectivity index (χ3n) is 12.9. The zero-order valence-corrected chi connectivity index (χ0v) is 42.2. The van der Waals surface area contributed by atoms with E-state index in [2.05, 4.69) is 15.1 Å². The molecule has 21 heteroatoms. The number of benzene rings is 2. The normalized spacial score (nSPS) is 11.6. The van der Waals surface area contributed by atoms with Gasteiger partial charge in [-0.25, -0.2) is 24.0 Å². The summed E-state index contributed by atoms with van der Waals surface area (Å²) in [6.45, 7) is 6.23. The van der Waals surface area contributed by atoms with Crippen molar-refractivity contribution in [2.75, 3.05) is 0 Å². The first-order chi connectivity index (χ1) is 36.9. The second-order valence-electron chi connectivity index (χ2n) is 18.2. The molecule has 10 rings (SSSR count). The van der Waals surface area contributed by atoms with Crippen LogP contribution in [0.15, 0.2) is 130 Å². The molecule has 0 aliphatic carbocycles. The highest BCUT2D eigenvalue weighted by Gasteiger charge is 2.34. The van der Waals surface area contributed by atoms with Gasteiger partial charge in [-0.1, -0.05) is 35.9 Å². The van der Waals surface area contributed by atoms with Crippen molar-refractivity contribution in [3.8, 4) is 40.4 Å². The van der Waals surface area contributed by atoms with Gasteiger partial charge < -0.3 is 33.3 Å². The minimum absolute atomic E-state index is 0.0248. The van der Waals surface area contributed by atoms with Crippen LogP contribution >= 0.6 is 11.6 Å². The van der Waals surface area contributed by atoms with Gasteiger partial charge in [0.05, 0.1) is 35.7 Å². The Balaban J connectivity index is 0.919. The van der Waals surface area contributed by atoms with Gasteiger partial charge in [0, 0.05) is 92.7 Å². The van der Waals surface area contributed by atoms with Crippen LogP contribution in [0.25, 0.3) is 38.8 Å². The number of aromatic nitrogens is 9. The number of ether oxygens (including phenoxy) is 3. The number of nitrogens with zero attached hydrogens (tertiary/aromatic N) is 8. The van der Waals surface area contributed by atoms with Crippen LogP contribution in [0.2, 0.25) is 5.02 Å². The SMILES string of the molecule is Cc1cnn(-c2cc(C)nc3c(OCc4c(Cl)cc(OCc5c[nH]c(-c6cc(C)nc7c(OCc8c(F)c[nH]c(=O)c8Cn8cccc(C(F)(F)F)c8=O)cccc67)c5C)nc4Cn4cccc(C#N)c4=O)cccc23)c1. The van der Waals surface area contributed by atoms with Crippen LogP contribution in [0.4, 0.5) is 17.6 Å². The number of hydrogen-bond donors (Lipinski definition) is 2. The Hall–Kier alpha value is -9.35. The number of H-pyrrole nitrogens is 2. The lowest BCUT2D eigenvalue weighted by Crippen LogP contribution is -2.31. The summed E-state index contributed by atoms with van der Waals surface area (Å²) in [5.41, 5.74) is 3.24. The quantitative estimate of drug-likeness (QED) is 0.0926. The van der Waals surface area contributed by atoms with E-state index in [1.54, 1.807) is 60.5 Å². The zero-order valence-electron chi connectivity index (χ0n) is 41.4.